The van der Waals surface area contributed by atoms with Crippen LogP contribution in [-0.4, -0.2) is 60.6 Å². The molecule has 1 amide bonds. The van der Waals surface area contributed by atoms with E-state index in [2.05, 4.69) is 41.2 Å². The fraction of sp³-hybridized carbons (Fsp3) is 0.474. The zero-order valence-electron chi connectivity index (χ0n) is 15.2. The summed E-state index contributed by atoms with van der Waals surface area (Å²) in [4.78, 5) is 18.8. The van der Waals surface area contributed by atoms with E-state index in [1.807, 2.05) is 29.8 Å². The highest BCUT2D eigenvalue weighted by Gasteiger charge is 2.22. The Hall–Kier alpha value is -2.34. The maximum Gasteiger partial charge on any atom is 0.236 e. The summed E-state index contributed by atoms with van der Waals surface area (Å²) in [6.07, 6.45) is 0. The van der Waals surface area contributed by atoms with Crippen LogP contribution in [0.15, 0.2) is 34.9 Å². The molecule has 0 atom stereocenters. The van der Waals surface area contributed by atoms with Crippen LogP contribution in [0.4, 0.5) is 5.69 Å². The lowest BCUT2D eigenvalue weighted by molar-refractivity contribution is -0.132. The lowest BCUT2D eigenvalue weighted by atomic mass is 10.2. The molecule has 1 fully saturated rings. The van der Waals surface area contributed by atoms with Gasteiger partial charge in [0.25, 0.3) is 0 Å². The second-order valence-electron chi connectivity index (χ2n) is 6.81. The normalized spacial score (nSPS) is 15.0. The number of hydrogen-bond acceptors (Lipinski definition) is 5. The standard InChI is InChI=1S/C19H26N4O2/c1-15-5-4-6-18(11-15)22-7-9-23(10-8-22)19(24)14-21(3)13-17-12-16(2)25-20-17/h4-6,11-12H,7-10,13-14H2,1-3H3. The molecule has 2 aromatic rings. The number of carbonyl (C=O) groups excluding carboxylic acids is 1. The molecule has 0 bridgehead atoms. The number of rotatable bonds is 5. The Morgan fingerprint density at radius 1 is 1.20 bits per heavy atom. The molecule has 2 heterocycles. The first kappa shape index (κ1) is 17.5. The Labute approximate surface area is 149 Å². The molecule has 0 aliphatic carbocycles. The number of carbonyl (C=O) groups is 1. The molecule has 1 saturated heterocycles. The first-order valence-electron chi connectivity index (χ1n) is 8.71. The zero-order chi connectivity index (χ0) is 17.8. The highest BCUT2D eigenvalue weighted by Crippen LogP contribution is 2.18. The van der Waals surface area contributed by atoms with Gasteiger partial charge in [-0.25, -0.2) is 0 Å². The first-order valence-corrected chi connectivity index (χ1v) is 8.71. The number of nitrogens with zero attached hydrogens (tertiary/aromatic N) is 4. The summed E-state index contributed by atoms with van der Waals surface area (Å²) in [5.41, 5.74) is 3.36. The van der Waals surface area contributed by atoms with Crippen molar-refractivity contribution in [3.63, 3.8) is 0 Å². The molecule has 25 heavy (non-hydrogen) atoms. The van der Waals surface area contributed by atoms with Crippen LogP contribution in [0.3, 0.4) is 0 Å². The van der Waals surface area contributed by atoms with Crippen molar-refractivity contribution in [2.75, 3.05) is 44.7 Å². The number of benzene rings is 1. The minimum Gasteiger partial charge on any atom is -0.368 e. The average Bonchev–Trinajstić information content (AvgIpc) is 2.99. The number of amides is 1. The van der Waals surface area contributed by atoms with Gasteiger partial charge in [-0.1, -0.05) is 17.3 Å². The number of anilines is 1. The minimum atomic E-state index is 0.173. The third-order valence-corrected chi connectivity index (χ3v) is 4.51. The molecule has 0 N–H and O–H groups in total. The third-order valence-electron chi connectivity index (χ3n) is 4.51. The Bertz CT molecular complexity index is 720. The van der Waals surface area contributed by atoms with Gasteiger partial charge in [0.05, 0.1) is 12.2 Å². The molecule has 1 aliphatic rings. The van der Waals surface area contributed by atoms with E-state index in [1.165, 1.54) is 11.3 Å². The van der Waals surface area contributed by atoms with Crippen molar-refractivity contribution < 1.29 is 9.32 Å². The monoisotopic (exact) mass is 342 g/mol. The zero-order valence-corrected chi connectivity index (χ0v) is 15.2. The number of piperazine rings is 1. The maximum absolute atomic E-state index is 12.5. The molecule has 3 rings (SSSR count). The van der Waals surface area contributed by atoms with Gasteiger partial charge in [0.2, 0.25) is 5.91 Å². The molecular formula is C19H26N4O2. The number of aryl methyl sites for hydroxylation is 2. The lowest BCUT2D eigenvalue weighted by Gasteiger charge is -2.36. The van der Waals surface area contributed by atoms with Crippen LogP contribution in [0.1, 0.15) is 17.0 Å². The smallest absolute Gasteiger partial charge is 0.236 e. The Balaban J connectivity index is 1.48. The van der Waals surface area contributed by atoms with E-state index in [4.69, 9.17) is 4.52 Å². The van der Waals surface area contributed by atoms with Gasteiger partial charge in [0.1, 0.15) is 5.76 Å². The second kappa shape index (κ2) is 7.70. The summed E-state index contributed by atoms with van der Waals surface area (Å²) >= 11 is 0. The van der Waals surface area contributed by atoms with Gasteiger partial charge in [0.15, 0.2) is 0 Å². The molecule has 0 radical (unpaired) electrons. The van der Waals surface area contributed by atoms with Crippen molar-refractivity contribution in [1.29, 1.82) is 0 Å². The molecule has 0 unspecified atom stereocenters. The van der Waals surface area contributed by atoms with Crippen molar-refractivity contribution in [3.8, 4) is 0 Å². The van der Waals surface area contributed by atoms with Crippen LogP contribution in [-0.2, 0) is 11.3 Å². The summed E-state index contributed by atoms with van der Waals surface area (Å²) in [5.74, 6) is 0.966. The fourth-order valence-corrected chi connectivity index (χ4v) is 3.19. The van der Waals surface area contributed by atoms with E-state index in [0.29, 0.717) is 13.1 Å². The molecule has 1 aromatic heterocycles. The number of likely N-dealkylation sites (N-methyl/N-ethyl adjacent to an activating group) is 1. The predicted molar refractivity (Wildman–Crippen MR) is 97.5 cm³/mol. The van der Waals surface area contributed by atoms with Gasteiger partial charge in [-0.3, -0.25) is 9.69 Å². The Morgan fingerprint density at radius 3 is 2.60 bits per heavy atom. The topological polar surface area (TPSA) is 52.8 Å². The van der Waals surface area contributed by atoms with Crippen LogP contribution >= 0.6 is 0 Å². The number of hydrogen-bond donors (Lipinski definition) is 0. The van der Waals surface area contributed by atoms with E-state index >= 15 is 0 Å². The summed E-state index contributed by atoms with van der Waals surface area (Å²) in [6, 6.07) is 10.4. The second-order valence-corrected chi connectivity index (χ2v) is 6.81. The first-order chi connectivity index (χ1) is 12.0. The van der Waals surface area contributed by atoms with Crippen molar-refractivity contribution in [3.05, 3.63) is 47.3 Å². The van der Waals surface area contributed by atoms with Crippen molar-refractivity contribution in [2.45, 2.75) is 20.4 Å². The van der Waals surface area contributed by atoms with E-state index in [1.54, 1.807) is 0 Å². The van der Waals surface area contributed by atoms with Crippen LogP contribution in [0, 0.1) is 13.8 Å². The third kappa shape index (κ3) is 4.60. The largest absolute Gasteiger partial charge is 0.368 e. The van der Waals surface area contributed by atoms with Crippen LogP contribution in [0.25, 0.3) is 0 Å². The summed E-state index contributed by atoms with van der Waals surface area (Å²) in [5, 5.41) is 3.98. The van der Waals surface area contributed by atoms with E-state index in [0.717, 1.165) is 37.6 Å². The highest BCUT2D eigenvalue weighted by molar-refractivity contribution is 5.78. The molecule has 6 nitrogen and oxygen atoms in total. The van der Waals surface area contributed by atoms with Gasteiger partial charge >= 0.3 is 0 Å². The SMILES string of the molecule is Cc1cccc(N2CCN(C(=O)CN(C)Cc3cc(C)on3)CC2)c1. The minimum absolute atomic E-state index is 0.173. The van der Waals surface area contributed by atoms with Crippen molar-refractivity contribution >= 4 is 11.6 Å². The van der Waals surface area contributed by atoms with Crippen LogP contribution < -0.4 is 4.90 Å². The van der Waals surface area contributed by atoms with E-state index < -0.39 is 0 Å². The summed E-state index contributed by atoms with van der Waals surface area (Å²) < 4.78 is 5.07. The van der Waals surface area contributed by atoms with Gasteiger partial charge in [-0.15, -0.1) is 0 Å². The quantitative estimate of drug-likeness (QED) is 0.833. The molecule has 134 valence electrons. The van der Waals surface area contributed by atoms with Crippen LogP contribution in [0.2, 0.25) is 0 Å². The molecule has 0 saturated carbocycles. The molecular weight excluding hydrogens is 316 g/mol. The van der Waals surface area contributed by atoms with Crippen LogP contribution in [0.5, 0.6) is 0 Å². The van der Waals surface area contributed by atoms with E-state index in [9.17, 15) is 4.79 Å². The molecule has 1 aromatic carbocycles. The maximum atomic E-state index is 12.5. The predicted octanol–water partition coefficient (Wildman–Crippen LogP) is 2.07. The van der Waals surface area contributed by atoms with Crippen molar-refractivity contribution in [1.82, 2.24) is 15.0 Å². The van der Waals surface area contributed by atoms with Gasteiger partial charge in [-0.2, -0.15) is 0 Å². The van der Waals surface area contributed by atoms with Gasteiger partial charge in [-0.05, 0) is 38.6 Å². The Kier molecular flexibility index (Phi) is 5.38. The molecule has 6 heteroatoms. The van der Waals surface area contributed by atoms with Gasteiger partial charge < -0.3 is 14.3 Å². The van der Waals surface area contributed by atoms with Crippen molar-refractivity contribution in [2.24, 2.45) is 0 Å². The fourth-order valence-electron chi connectivity index (χ4n) is 3.19. The number of aromatic nitrogens is 1. The van der Waals surface area contributed by atoms with Gasteiger partial charge in [0, 0.05) is 44.5 Å². The van der Waals surface area contributed by atoms with E-state index in [-0.39, 0.29) is 5.91 Å². The highest BCUT2D eigenvalue weighted by atomic mass is 16.5. The summed E-state index contributed by atoms with van der Waals surface area (Å²) in [7, 11) is 1.94. The summed E-state index contributed by atoms with van der Waals surface area (Å²) in [6.45, 7) is 8.28. The lowest BCUT2D eigenvalue weighted by Crippen LogP contribution is -2.51. The molecule has 1 aliphatic heterocycles. The average molecular weight is 342 g/mol. The Morgan fingerprint density at radius 2 is 1.96 bits per heavy atom. The molecule has 0 spiro atoms.